The third-order valence-electron chi connectivity index (χ3n) is 6.08. The first kappa shape index (κ1) is 45.5. The number of carbonyl (C=O) groups is 5. The molecule has 1 aromatic heterocycles. The molecule has 48 heavy (non-hydrogen) atoms. The van der Waals surface area contributed by atoms with Gasteiger partial charge in [0, 0.05) is 23.2 Å². The Kier molecular flexibility index (Phi) is 24.1. The summed E-state index contributed by atoms with van der Waals surface area (Å²) in [6.45, 7) is 6.93. The van der Waals surface area contributed by atoms with Crippen LogP contribution in [0.2, 0.25) is 0 Å². The van der Waals surface area contributed by atoms with E-state index in [2.05, 4.69) is 22.1 Å². The van der Waals surface area contributed by atoms with Crippen LogP contribution in [0.5, 0.6) is 0 Å². The largest absolute Gasteiger partial charge is 0.480 e. The van der Waals surface area contributed by atoms with Gasteiger partial charge in [0.05, 0.1) is 13.1 Å². The lowest BCUT2D eigenvalue weighted by Crippen LogP contribution is -2.31. The zero-order valence-corrected chi connectivity index (χ0v) is 27.4. The van der Waals surface area contributed by atoms with Crippen molar-refractivity contribution in [2.45, 2.75) is 71.0 Å². The van der Waals surface area contributed by atoms with E-state index in [1.54, 1.807) is 12.1 Å². The fraction of sp³-hybridized carbons (Fsp3) is 0.533. The van der Waals surface area contributed by atoms with E-state index in [0.717, 1.165) is 49.7 Å². The number of carboxylic acid groups (broad SMARTS) is 5. The van der Waals surface area contributed by atoms with Crippen LogP contribution in [0.4, 0.5) is 5.69 Å². The Bertz CT molecular complexity index is 1300. The maximum absolute atomic E-state index is 11.0. The van der Waals surface area contributed by atoms with Gasteiger partial charge in [-0.05, 0) is 75.7 Å². The van der Waals surface area contributed by atoms with Crippen LogP contribution in [0.15, 0.2) is 33.5 Å². The highest BCUT2D eigenvalue weighted by atomic mass is 16.4. The summed E-state index contributed by atoms with van der Waals surface area (Å²) in [5, 5.41) is 46.8. The van der Waals surface area contributed by atoms with Gasteiger partial charge in [-0.3, -0.25) is 24.0 Å². The molecular formula is C30H50N6O12. The molecule has 4 rings (SSSR count). The van der Waals surface area contributed by atoms with E-state index in [1.807, 2.05) is 26.8 Å². The predicted octanol–water partition coefficient (Wildman–Crippen LogP) is -0.167. The fourth-order valence-electron chi connectivity index (χ4n) is 3.74. The van der Waals surface area contributed by atoms with Crippen molar-refractivity contribution in [3.05, 3.63) is 40.2 Å². The van der Waals surface area contributed by atoms with E-state index in [1.165, 1.54) is 6.07 Å². The quantitative estimate of drug-likeness (QED) is 0.133. The monoisotopic (exact) mass is 686 g/mol. The lowest BCUT2D eigenvalue weighted by atomic mass is 10.1. The van der Waals surface area contributed by atoms with Gasteiger partial charge in [-0.25, -0.2) is 4.79 Å². The van der Waals surface area contributed by atoms with Gasteiger partial charge in [0.1, 0.15) is 23.7 Å². The van der Waals surface area contributed by atoms with E-state index in [9.17, 15) is 28.8 Å². The lowest BCUT2D eigenvalue weighted by molar-refractivity contribution is -0.140. The van der Waals surface area contributed by atoms with Crippen molar-refractivity contribution in [3.8, 4) is 0 Å². The molecule has 2 saturated heterocycles. The maximum atomic E-state index is 11.0. The summed E-state index contributed by atoms with van der Waals surface area (Å²) in [6.07, 6.45) is 4.12. The molecule has 0 aliphatic carbocycles. The van der Waals surface area contributed by atoms with Crippen molar-refractivity contribution < 1.29 is 53.9 Å². The molecule has 3 atom stereocenters. The molecule has 3 heterocycles. The minimum atomic E-state index is -0.968. The lowest BCUT2D eigenvalue weighted by Gasteiger charge is -2.07. The van der Waals surface area contributed by atoms with Gasteiger partial charge in [0.15, 0.2) is 0 Å². The number of benzene rings is 1. The third kappa shape index (κ3) is 22.8. The fourth-order valence-corrected chi connectivity index (χ4v) is 3.74. The van der Waals surface area contributed by atoms with E-state index in [-0.39, 0.29) is 30.8 Å². The van der Waals surface area contributed by atoms with Gasteiger partial charge in [-0.15, -0.1) is 0 Å². The zero-order chi connectivity index (χ0) is 37.4. The Hall–Kier alpha value is -4.62. The molecule has 0 spiro atoms. The molecule has 15 N–H and O–H groups in total. The first-order valence-corrected chi connectivity index (χ1v) is 14.9. The maximum Gasteiger partial charge on any atom is 0.336 e. The minimum Gasteiger partial charge on any atom is -0.480 e. The number of nitrogen functional groups attached to an aromatic ring is 1. The minimum absolute atomic E-state index is 0.269. The molecule has 0 saturated carbocycles. The molecule has 2 aliphatic rings. The molecule has 272 valence electrons. The Morgan fingerprint density at radius 3 is 1.56 bits per heavy atom. The second-order valence-electron chi connectivity index (χ2n) is 10.7. The van der Waals surface area contributed by atoms with E-state index in [4.69, 9.17) is 41.4 Å². The number of aryl methyl sites for hydroxylation is 1. The van der Waals surface area contributed by atoms with Crippen LogP contribution >= 0.6 is 0 Å². The van der Waals surface area contributed by atoms with Gasteiger partial charge in [0.2, 0.25) is 0 Å². The topological polar surface area (TPSA) is 345 Å². The van der Waals surface area contributed by atoms with Crippen LogP contribution in [0, 0.1) is 12.8 Å². The summed E-state index contributed by atoms with van der Waals surface area (Å²) in [6, 6.07) is 5.54. The second-order valence-corrected chi connectivity index (χ2v) is 10.7. The van der Waals surface area contributed by atoms with Crippen molar-refractivity contribution in [3.63, 3.8) is 0 Å². The molecular weight excluding hydrogens is 636 g/mol. The molecule has 2 aromatic rings. The molecule has 18 heteroatoms. The van der Waals surface area contributed by atoms with Crippen LogP contribution in [0.25, 0.3) is 11.0 Å². The van der Waals surface area contributed by atoms with Crippen LogP contribution in [-0.2, 0) is 24.0 Å². The molecule has 0 unspecified atom stereocenters. The van der Waals surface area contributed by atoms with Gasteiger partial charge < -0.3 is 63.5 Å². The Morgan fingerprint density at radius 2 is 1.29 bits per heavy atom. The van der Waals surface area contributed by atoms with Gasteiger partial charge >= 0.3 is 35.5 Å². The molecule has 2 fully saturated rings. The van der Waals surface area contributed by atoms with Gasteiger partial charge in [-0.2, -0.15) is 0 Å². The highest BCUT2D eigenvalue weighted by molar-refractivity contribution is 5.82. The number of aliphatic carboxylic acids is 5. The van der Waals surface area contributed by atoms with E-state index in [0.29, 0.717) is 23.6 Å². The summed E-state index contributed by atoms with van der Waals surface area (Å²) >= 11 is 0. The average Bonchev–Trinajstić information content (AvgIpc) is 3.74. The van der Waals surface area contributed by atoms with Gasteiger partial charge in [0.25, 0.3) is 0 Å². The molecule has 18 nitrogen and oxygen atoms in total. The van der Waals surface area contributed by atoms with Crippen molar-refractivity contribution in [1.82, 2.24) is 10.6 Å². The van der Waals surface area contributed by atoms with E-state index < -0.39 is 35.9 Å². The molecule has 0 amide bonds. The van der Waals surface area contributed by atoms with Crippen molar-refractivity contribution in [1.29, 1.82) is 0 Å². The number of hydrogen-bond acceptors (Lipinski definition) is 13. The van der Waals surface area contributed by atoms with Crippen LogP contribution in [0.1, 0.15) is 51.5 Å². The number of hydrogen-bond donors (Lipinski definition) is 11. The summed E-state index contributed by atoms with van der Waals surface area (Å²) in [4.78, 5) is 59.9. The normalized spacial score (nSPS) is 16.4. The van der Waals surface area contributed by atoms with Crippen LogP contribution in [0.3, 0.4) is 0 Å². The Morgan fingerprint density at radius 1 is 0.854 bits per heavy atom. The first-order chi connectivity index (χ1) is 22.4. The number of nitrogens with two attached hydrogens (primary N) is 4. The summed E-state index contributed by atoms with van der Waals surface area (Å²) in [7, 11) is 0. The van der Waals surface area contributed by atoms with Crippen LogP contribution in [-0.4, -0.2) is 99.7 Å². The molecule has 1 aromatic carbocycles. The first-order valence-electron chi connectivity index (χ1n) is 14.9. The van der Waals surface area contributed by atoms with Crippen molar-refractivity contribution >= 4 is 46.5 Å². The number of anilines is 1. The number of rotatable bonds is 7. The molecule has 2 aliphatic heterocycles. The predicted molar refractivity (Wildman–Crippen MR) is 177 cm³/mol. The molecule has 0 bridgehead atoms. The number of fused-ring (bicyclic) bond motifs is 1. The SMILES string of the molecule is CC(C)C[C@H](N)C(=O)O.Cc1cc(=O)oc2cc(N)ccc12.NCC(=O)O.NCC(=O)O.O=C(O)[C@@H]1CCCN1.O=C(O)[C@@H]1CCCN1. The highest BCUT2D eigenvalue weighted by Gasteiger charge is 2.20. The summed E-state index contributed by atoms with van der Waals surface area (Å²) in [5.41, 5.74) is 21.6. The standard InChI is InChI=1S/C10H9NO2.C6H13NO2.2C5H9NO2.2C2H5NO2/c1-6-4-10(12)13-9-5-7(11)2-3-8(6)9;1-4(2)3-5(7)6(8)9;2*7-5(8)4-2-1-3-6-4;2*3-1-2(4)5/h2-5H,11H2,1H3;4-5H,3,7H2,1-2H3,(H,8,9);2*4,6H,1-3H2,(H,7,8);2*1,3H2,(H,4,5)/t;5-;2*4-;;/m.000../s1. The van der Waals surface area contributed by atoms with Crippen molar-refractivity contribution in [2.24, 2.45) is 23.1 Å². The summed E-state index contributed by atoms with van der Waals surface area (Å²) < 4.78 is 4.99. The number of carboxylic acids is 5. The molecule has 0 radical (unpaired) electrons. The smallest absolute Gasteiger partial charge is 0.336 e. The second kappa shape index (κ2) is 25.5. The highest BCUT2D eigenvalue weighted by Crippen LogP contribution is 2.18. The average molecular weight is 687 g/mol. The third-order valence-corrected chi connectivity index (χ3v) is 6.08. The number of nitrogens with one attached hydrogen (secondary N) is 2. The van der Waals surface area contributed by atoms with E-state index >= 15 is 0 Å². The zero-order valence-electron chi connectivity index (χ0n) is 27.4. The van der Waals surface area contributed by atoms with Gasteiger partial charge in [-0.1, -0.05) is 13.8 Å². The van der Waals surface area contributed by atoms with Crippen LogP contribution < -0.4 is 39.2 Å². The Balaban J connectivity index is 0. The summed E-state index contributed by atoms with van der Waals surface area (Å²) in [5.74, 6) is -3.93. The van der Waals surface area contributed by atoms with Crippen molar-refractivity contribution in [2.75, 3.05) is 31.9 Å². The Labute approximate surface area is 277 Å².